The van der Waals surface area contributed by atoms with E-state index in [1.165, 1.54) is 6.07 Å². The number of benzene rings is 2. The van der Waals surface area contributed by atoms with E-state index in [9.17, 15) is 15.2 Å². The van der Waals surface area contributed by atoms with E-state index in [0.717, 1.165) is 25.2 Å². The molecule has 0 amide bonds. The summed E-state index contributed by atoms with van der Waals surface area (Å²) in [6.45, 7) is 1.58. The minimum atomic E-state index is -0.395. The Hall–Kier alpha value is -2.60. The number of nitrogens with zero attached hydrogens (tertiary/aromatic N) is 2. The zero-order chi connectivity index (χ0) is 16.2. The van der Waals surface area contributed by atoms with Crippen LogP contribution in [0.2, 0.25) is 0 Å². The quantitative estimate of drug-likeness (QED) is 0.655. The van der Waals surface area contributed by atoms with E-state index >= 15 is 0 Å². The molecule has 1 fully saturated rings. The highest BCUT2D eigenvalue weighted by atomic mass is 16.6. The summed E-state index contributed by atoms with van der Waals surface area (Å²) in [6, 6.07) is 14.9. The molecule has 2 N–H and O–H groups in total. The van der Waals surface area contributed by atoms with Gasteiger partial charge in [0, 0.05) is 30.9 Å². The van der Waals surface area contributed by atoms with Crippen LogP contribution in [0.15, 0.2) is 48.5 Å². The number of aliphatic hydroxyl groups excluding tert-OH is 1. The zero-order valence-electron chi connectivity index (χ0n) is 12.7. The van der Waals surface area contributed by atoms with Crippen molar-refractivity contribution < 1.29 is 10.0 Å². The number of anilines is 2. The number of rotatable bonds is 5. The molecule has 3 rings (SSSR count). The first-order valence-electron chi connectivity index (χ1n) is 7.62. The van der Waals surface area contributed by atoms with Crippen LogP contribution in [0.3, 0.4) is 0 Å². The predicted molar refractivity (Wildman–Crippen MR) is 89.7 cm³/mol. The monoisotopic (exact) mass is 313 g/mol. The maximum atomic E-state index is 11.2. The van der Waals surface area contributed by atoms with Crippen LogP contribution in [0, 0.1) is 10.1 Å². The fraction of sp³-hybridized carbons (Fsp3) is 0.294. The molecule has 6 nitrogen and oxygen atoms in total. The highest BCUT2D eigenvalue weighted by Crippen LogP contribution is 2.29. The lowest BCUT2D eigenvalue weighted by atomic mass is 10.1. The van der Waals surface area contributed by atoms with Gasteiger partial charge >= 0.3 is 0 Å². The normalized spacial score (nSPS) is 17.3. The standard InChI is InChI=1S/C17H19N3O3/c21-12-13-6-7-17(20(22)23)16(10-13)18-14-8-9-19(11-14)15-4-2-1-3-5-15/h1-7,10,14,18,21H,8-9,11-12H2. The SMILES string of the molecule is O=[N+]([O-])c1ccc(CO)cc1NC1CCN(c2ccccc2)C1. The molecule has 2 aromatic carbocycles. The third-order valence-corrected chi connectivity index (χ3v) is 4.11. The Bertz CT molecular complexity index is 691. The maximum absolute atomic E-state index is 11.2. The summed E-state index contributed by atoms with van der Waals surface area (Å²) in [6.07, 6.45) is 0.912. The van der Waals surface area contributed by atoms with Crippen molar-refractivity contribution in [3.63, 3.8) is 0 Å². The van der Waals surface area contributed by atoms with Crippen LogP contribution in [-0.2, 0) is 6.61 Å². The minimum absolute atomic E-state index is 0.0420. The van der Waals surface area contributed by atoms with Crippen LogP contribution in [0.25, 0.3) is 0 Å². The van der Waals surface area contributed by atoms with E-state index in [-0.39, 0.29) is 18.3 Å². The van der Waals surface area contributed by atoms with Gasteiger partial charge in [-0.05, 0) is 36.2 Å². The lowest BCUT2D eigenvalue weighted by Crippen LogP contribution is -2.26. The molecular weight excluding hydrogens is 294 g/mol. The number of nitro benzene ring substituents is 1. The zero-order valence-corrected chi connectivity index (χ0v) is 12.7. The lowest BCUT2D eigenvalue weighted by Gasteiger charge is -2.19. The van der Waals surface area contributed by atoms with Gasteiger partial charge < -0.3 is 15.3 Å². The Balaban J connectivity index is 1.74. The van der Waals surface area contributed by atoms with Gasteiger partial charge in [0.25, 0.3) is 5.69 Å². The largest absolute Gasteiger partial charge is 0.392 e. The molecule has 6 heteroatoms. The van der Waals surface area contributed by atoms with Crippen LogP contribution in [-0.4, -0.2) is 29.2 Å². The molecule has 23 heavy (non-hydrogen) atoms. The molecule has 0 spiro atoms. The number of hydrogen-bond donors (Lipinski definition) is 2. The molecular formula is C17H19N3O3. The average Bonchev–Trinajstić information content (AvgIpc) is 3.04. The number of aliphatic hydroxyl groups is 1. The van der Waals surface area contributed by atoms with E-state index < -0.39 is 4.92 Å². The van der Waals surface area contributed by atoms with Gasteiger partial charge in [-0.15, -0.1) is 0 Å². The van der Waals surface area contributed by atoms with Crippen molar-refractivity contribution in [1.29, 1.82) is 0 Å². The second-order valence-electron chi connectivity index (χ2n) is 5.68. The van der Waals surface area contributed by atoms with E-state index in [1.54, 1.807) is 12.1 Å². The summed E-state index contributed by atoms with van der Waals surface area (Å²) in [5.74, 6) is 0. The number of nitrogens with one attached hydrogen (secondary N) is 1. The topological polar surface area (TPSA) is 78.6 Å². The third kappa shape index (κ3) is 3.43. The maximum Gasteiger partial charge on any atom is 0.292 e. The van der Waals surface area contributed by atoms with Crippen molar-refractivity contribution >= 4 is 17.1 Å². The van der Waals surface area contributed by atoms with Gasteiger partial charge in [-0.1, -0.05) is 18.2 Å². The number of para-hydroxylation sites is 1. The van der Waals surface area contributed by atoms with Crippen molar-refractivity contribution in [2.75, 3.05) is 23.3 Å². The van der Waals surface area contributed by atoms with Gasteiger partial charge in [0.1, 0.15) is 5.69 Å². The van der Waals surface area contributed by atoms with E-state index in [1.807, 2.05) is 18.2 Å². The van der Waals surface area contributed by atoms with Gasteiger partial charge in [0.05, 0.1) is 11.5 Å². The van der Waals surface area contributed by atoms with Crippen LogP contribution in [0.5, 0.6) is 0 Å². The summed E-state index contributed by atoms with van der Waals surface area (Å²) in [4.78, 5) is 13.0. The van der Waals surface area contributed by atoms with E-state index in [4.69, 9.17) is 0 Å². The van der Waals surface area contributed by atoms with Gasteiger partial charge in [-0.3, -0.25) is 10.1 Å². The first kappa shape index (κ1) is 15.3. The van der Waals surface area contributed by atoms with Crippen molar-refractivity contribution in [2.45, 2.75) is 19.1 Å². The summed E-state index contributed by atoms with van der Waals surface area (Å²) in [5, 5.41) is 23.7. The molecule has 1 aliphatic heterocycles. The number of nitro groups is 1. The molecule has 1 saturated heterocycles. The van der Waals surface area contributed by atoms with Crippen LogP contribution in [0.4, 0.5) is 17.1 Å². The van der Waals surface area contributed by atoms with Crippen molar-refractivity contribution in [3.8, 4) is 0 Å². The summed E-state index contributed by atoms with van der Waals surface area (Å²) in [5.41, 5.74) is 2.34. The highest BCUT2D eigenvalue weighted by Gasteiger charge is 2.25. The first-order chi connectivity index (χ1) is 11.2. The van der Waals surface area contributed by atoms with Crippen molar-refractivity contribution in [1.82, 2.24) is 0 Å². The van der Waals surface area contributed by atoms with E-state index in [2.05, 4.69) is 22.3 Å². The lowest BCUT2D eigenvalue weighted by molar-refractivity contribution is -0.384. The molecule has 0 bridgehead atoms. The Morgan fingerprint density at radius 1 is 1.26 bits per heavy atom. The second-order valence-corrected chi connectivity index (χ2v) is 5.68. The molecule has 0 aromatic heterocycles. The van der Waals surface area contributed by atoms with Crippen LogP contribution in [0.1, 0.15) is 12.0 Å². The van der Waals surface area contributed by atoms with E-state index in [0.29, 0.717) is 11.3 Å². The third-order valence-electron chi connectivity index (χ3n) is 4.11. The fourth-order valence-corrected chi connectivity index (χ4v) is 2.93. The molecule has 2 aromatic rings. The van der Waals surface area contributed by atoms with Gasteiger partial charge in [0.15, 0.2) is 0 Å². The van der Waals surface area contributed by atoms with Gasteiger partial charge in [0.2, 0.25) is 0 Å². The molecule has 1 atom stereocenters. The van der Waals surface area contributed by atoms with Gasteiger partial charge in [-0.2, -0.15) is 0 Å². The fourth-order valence-electron chi connectivity index (χ4n) is 2.93. The molecule has 120 valence electrons. The van der Waals surface area contributed by atoms with Crippen LogP contribution < -0.4 is 10.2 Å². The Morgan fingerprint density at radius 2 is 2.04 bits per heavy atom. The van der Waals surface area contributed by atoms with Gasteiger partial charge in [-0.25, -0.2) is 0 Å². The summed E-state index contributed by atoms with van der Waals surface area (Å²) in [7, 11) is 0. The Morgan fingerprint density at radius 3 is 2.74 bits per heavy atom. The predicted octanol–water partition coefficient (Wildman–Crippen LogP) is 2.78. The Labute approximate surface area is 134 Å². The first-order valence-corrected chi connectivity index (χ1v) is 7.62. The molecule has 0 aliphatic carbocycles. The molecule has 0 radical (unpaired) electrons. The molecule has 0 saturated carbocycles. The number of hydrogen-bond acceptors (Lipinski definition) is 5. The molecule has 1 aliphatic rings. The van der Waals surface area contributed by atoms with Crippen molar-refractivity contribution in [3.05, 3.63) is 64.2 Å². The van der Waals surface area contributed by atoms with Crippen LogP contribution >= 0.6 is 0 Å². The summed E-state index contributed by atoms with van der Waals surface area (Å²) < 4.78 is 0. The molecule has 1 heterocycles. The second kappa shape index (κ2) is 6.66. The Kier molecular flexibility index (Phi) is 4.43. The summed E-state index contributed by atoms with van der Waals surface area (Å²) >= 11 is 0. The van der Waals surface area contributed by atoms with Crippen molar-refractivity contribution in [2.24, 2.45) is 0 Å². The smallest absolute Gasteiger partial charge is 0.292 e. The molecule has 1 unspecified atom stereocenters. The average molecular weight is 313 g/mol. The highest BCUT2D eigenvalue weighted by molar-refractivity contribution is 5.63. The minimum Gasteiger partial charge on any atom is -0.392 e.